The van der Waals surface area contributed by atoms with Crippen LogP contribution >= 0.6 is 0 Å². The van der Waals surface area contributed by atoms with Crippen molar-refractivity contribution >= 4 is 23.6 Å². The number of para-hydroxylation sites is 1. The van der Waals surface area contributed by atoms with Crippen LogP contribution in [0.15, 0.2) is 54.6 Å². The van der Waals surface area contributed by atoms with Gasteiger partial charge in [0, 0.05) is 5.56 Å². The molecule has 0 bridgehead atoms. The number of hydrogen-bond acceptors (Lipinski definition) is 4. The Kier molecular flexibility index (Phi) is 4.87. The molecule has 6 heteroatoms. The summed E-state index contributed by atoms with van der Waals surface area (Å²) in [6.07, 6.45) is 0. The van der Waals surface area contributed by atoms with Crippen molar-refractivity contribution in [2.75, 3.05) is 12.4 Å². The van der Waals surface area contributed by atoms with Crippen molar-refractivity contribution in [2.45, 2.75) is 0 Å². The number of imide groups is 1. The predicted octanol–water partition coefficient (Wildman–Crippen LogP) is 2.44. The minimum atomic E-state index is -0.731. The summed E-state index contributed by atoms with van der Waals surface area (Å²) in [6, 6.07) is 14.0. The number of anilines is 1. The molecule has 0 atom stereocenters. The second-order valence-corrected chi connectivity index (χ2v) is 4.31. The van der Waals surface area contributed by atoms with Crippen LogP contribution in [0.4, 0.5) is 10.5 Å². The van der Waals surface area contributed by atoms with E-state index in [0.717, 1.165) is 0 Å². The minimum Gasteiger partial charge on any atom is -0.465 e. The highest BCUT2D eigenvalue weighted by Crippen LogP contribution is 2.15. The van der Waals surface area contributed by atoms with Gasteiger partial charge < -0.3 is 10.1 Å². The zero-order valence-electron chi connectivity index (χ0n) is 11.8. The fourth-order valence-corrected chi connectivity index (χ4v) is 1.80. The van der Waals surface area contributed by atoms with Gasteiger partial charge in [-0.2, -0.15) is 0 Å². The molecule has 0 aliphatic heterocycles. The largest absolute Gasteiger partial charge is 0.465 e. The molecule has 0 heterocycles. The number of carbonyl (C=O) groups excluding carboxylic acids is 3. The molecule has 6 nitrogen and oxygen atoms in total. The first-order chi connectivity index (χ1) is 10.6. The Labute approximate surface area is 127 Å². The van der Waals surface area contributed by atoms with Crippen LogP contribution in [0, 0.1) is 0 Å². The maximum atomic E-state index is 11.9. The minimum absolute atomic E-state index is 0.201. The van der Waals surface area contributed by atoms with Crippen molar-refractivity contribution in [1.29, 1.82) is 0 Å². The Morgan fingerprint density at radius 2 is 1.55 bits per heavy atom. The first-order valence-corrected chi connectivity index (χ1v) is 6.46. The average Bonchev–Trinajstić information content (AvgIpc) is 2.55. The van der Waals surface area contributed by atoms with E-state index in [2.05, 4.69) is 15.4 Å². The highest BCUT2D eigenvalue weighted by molar-refractivity contribution is 6.09. The summed E-state index contributed by atoms with van der Waals surface area (Å²) in [5.41, 5.74) is 0.818. The number of nitrogens with one attached hydrogen (secondary N) is 2. The van der Waals surface area contributed by atoms with E-state index in [1.165, 1.54) is 13.2 Å². The summed E-state index contributed by atoms with van der Waals surface area (Å²) in [6.45, 7) is 0. The zero-order valence-corrected chi connectivity index (χ0v) is 11.8. The molecule has 0 saturated heterocycles. The lowest BCUT2D eigenvalue weighted by atomic mass is 10.2. The van der Waals surface area contributed by atoms with Gasteiger partial charge in [-0.05, 0) is 24.3 Å². The molecule has 0 radical (unpaired) electrons. The first kappa shape index (κ1) is 15.2. The molecule has 0 aromatic heterocycles. The Hall–Kier alpha value is -3.15. The van der Waals surface area contributed by atoms with Gasteiger partial charge in [0.15, 0.2) is 0 Å². The highest BCUT2D eigenvalue weighted by atomic mass is 16.5. The maximum Gasteiger partial charge on any atom is 0.339 e. The molecule has 0 aliphatic carbocycles. The van der Waals surface area contributed by atoms with Gasteiger partial charge in [-0.1, -0.05) is 30.3 Å². The molecule has 0 fully saturated rings. The number of rotatable bonds is 3. The normalized spacial score (nSPS) is 9.68. The third-order valence-electron chi connectivity index (χ3n) is 2.84. The van der Waals surface area contributed by atoms with Crippen molar-refractivity contribution in [3.63, 3.8) is 0 Å². The third kappa shape index (κ3) is 3.69. The van der Waals surface area contributed by atoms with E-state index >= 15 is 0 Å². The molecule has 2 N–H and O–H groups in total. The third-order valence-corrected chi connectivity index (χ3v) is 2.84. The molecule has 22 heavy (non-hydrogen) atoms. The number of carbonyl (C=O) groups is 3. The van der Waals surface area contributed by atoms with E-state index in [-0.39, 0.29) is 11.3 Å². The molecule has 2 aromatic carbocycles. The van der Waals surface area contributed by atoms with Crippen molar-refractivity contribution in [3.05, 3.63) is 65.7 Å². The molecule has 112 valence electrons. The Morgan fingerprint density at radius 1 is 0.909 bits per heavy atom. The van der Waals surface area contributed by atoms with Gasteiger partial charge in [0.05, 0.1) is 18.4 Å². The molecule has 0 saturated carbocycles. The van der Waals surface area contributed by atoms with Gasteiger partial charge in [0.2, 0.25) is 0 Å². The topological polar surface area (TPSA) is 84.5 Å². The lowest BCUT2D eigenvalue weighted by Gasteiger charge is -2.10. The van der Waals surface area contributed by atoms with E-state index in [9.17, 15) is 14.4 Å². The van der Waals surface area contributed by atoms with Crippen LogP contribution < -0.4 is 10.6 Å². The van der Waals surface area contributed by atoms with E-state index in [1.807, 2.05) is 0 Å². The van der Waals surface area contributed by atoms with Crippen LogP contribution in [0.2, 0.25) is 0 Å². The summed E-state index contributed by atoms with van der Waals surface area (Å²) in [5, 5.41) is 4.64. The molecule has 3 amide bonds. The highest BCUT2D eigenvalue weighted by Gasteiger charge is 2.15. The lowest BCUT2D eigenvalue weighted by Crippen LogP contribution is -2.34. The van der Waals surface area contributed by atoms with Crippen LogP contribution in [0.25, 0.3) is 0 Å². The van der Waals surface area contributed by atoms with Crippen LogP contribution in [-0.4, -0.2) is 25.0 Å². The van der Waals surface area contributed by atoms with Crippen molar-refractivity contribution in [2.24, 2.45) is 0 Å². The quantitative estimate of drug-likeness (QED) is 0.852. The number of hydrogen-bond donors (Lipinski definition) is 2. The van der Waals surface area contributed by atoms with Crippen molar-refractivity contribution in [1.82, 2.24) is 5.32 Å². The molecule has 0 spiro atoms. The fraction of sp³-hybridized carbons (Fsp3) is 0.0625. The van der Waals surface area contributed by atoms with E-state index < -0.39 is 17.9 Å². The number of esters is 1. The Bertz CT molecular complexity index is 698. The number of amides is 3. The monoisotopic (exact) mass is 298 g/mol. The summed E-state index contributed by atoms with van der Waals surface area (Å²) in [4.78, 5) is 35.3. The molecular formula is C16H14N2O4. The molecule has 2 aromatic rings. The van der Waals surface area contributed by atoms with Gasteiger partial charge in [-0.3, -0.25) is 10.1 Å². The fourth-order valence-electron chi connectivity index (χ4n) is 1.80. The van der Waals surface area contributed by atoms with Crippen LogP contribution in [0.1, 0.15) is 20.7 Å². The predicted molar refractivity (Wildman–Crippen MR) is 80.7 cm³/mol. The summed E-state index contributed by atoms with van der Waals surface area (Å²) in [5.74, 6) is -1.11. The summed E-state index contributed by atoms with van der Waals surface area (Å²) >= 11 is 0. The molecule has 0 aliphatic rings. The molecule has 2 rings (SSSR count). The van der Waals surface area contributed by atoms with Gasteiger partial charge in [-0.15, -0.1) is 0 Å². The van der Waals surface area contributed by atoms with Crippen molar-refractivity contribution < 1.29 is 19.1 Å². The average molecular weight is 298 g/mol. The second-order valence-electron chi connectivity index (χ2n) is 4.31. The van der Waals surface area contributed by atoms with Crippen LogP contribution in [-0.2, 0) is 4.74 Å². The van der Waals surface area contributed by atoms with E-state index in [0.29, 0.717) is 5.56 Å². The number of ether oxygens (including phenoxy) is 1. The van der Waals surface area contributed by atoms with Gasteiger partial charge in [0.1, 0.15) is 0 Å². The molecule has 0 unspecified atom stereocenters. The van der Waals surface area contributed by atoms with Crippen LogP contribution in [0.3, 0.4) is 0 Å². The van der Waals surface area contributed by atoms with Gasteiger partial charge >= 0.3 is 12.0 Å². The summed E-state index contributed by atoms with van der Waals surface area (Å²) in [7, 11) is 1.25. The van der Waals surface area contributed by atoms with E-state index in [4.69, 9.17) is 0 Å². The standard InChI is InChI=1S/C16H14N2O4/c1-22-15(20)12-9-5-6-10-13(12)17-16(21)18-14(19)11-7-3-2-4-8-11/h2-10H,1H3,(H2,17,18,19,21). The maximum absolute atomic E-state index is 11.9. The van der Waals surface area contributed by atoms with Crippen LogP contribution in [0.5, 0.6) is 0 Å². The molecular weight excluding hydrogens is 284 g/mol. The first-order valence-electron chi connectivity index (χ1n) is 6.46. The number of benzene rings is 2. The van der Waals surface area contributed by atoms with Gasteiger partial charge in [0.25, 0.3) is 5.91 Å². The number of urea groups is 1. The lowest BCUT2D eigenvalue weighted by molar-refractivity contribution is 0.0602. The van der Waals surface area contributed by atoms with Crippen molar-refractivity contribution in [3.8, 4) is 0 Å². The summed E-state index contributed by atoms with van der Waals surface area (Å²) < 4.78 is 4.63. The SMILES string of the molecule is COC(=O)c1ccccc1NC(=O)NC(=O)c1ccccc1. The van der Waals surface area contributed by atoms with E-state index in [1.54, 1.807) is 48.5 Å². The smallest absolute Gasteiger partial charge is 0.339 e. The zero-order chi connectivity index (χ0) is 15.9. The Morgan fingerprint density at radius 3 is 2.23 bits per heavy atom. The second kappa shape index (κ2) is 7.03. The van der Waals surface area contributed by atoms with Gasteiger partial charge in [-0.25, -0.2) is 9.59 Å². The number of methoxy groups -OCH3 is 1. The Balaban J connectivity index is 2.07.